The molecule has 1 aliphatic rings. The van der Waals surface area contributed by atoms with E-state index in [1.54, 1.807) is 0 Å². The van der Waals surface area contributed by atoms with Crippen molar-refractivity contribution in [1.82, 2.24) is 9.55 Å². The van der Waals surface area contributed by atoms with E-state index >= 15 is 0 Å². The van der Waals surface area contributed by atoms with Gasteiger partial charge in [0.25, 0.3) is 0 Å². The summed E-state index contributed by atoms with van der Waals surface area (Å²) in [5.74, 6) is -0.418. The zero-order valence-corrected chi connectivity index (χ0v) is 15.1. The Balaban J connectivity index is 2.22. The van der Waals surface area contributed by atoms with Gasteiger partial charge in [0.05, 0.1) is 16.8 Å². The Labute approximate surface area is 150 Å². The van der Waals surface area contributed by atoms with E-state index < -0.39 is 36.3 Å². The quantitative estimate of drug-likeness (QED) is 0.509. The van der Waals surface area contributed by atoms with E-state index in [-0.39, 0.29) is 18.8 Å². The number of hydrogen-bond acceptors (Lipinski definition) is 9. The number of carbonyl (C=O) groups is 2. The molecule has 24 heavy (non-hydrogen) atoms. The van der Waals surface area contributed by atoms with Crippen LogP contribution in [0.1, 0.15) is 19.6 Å². The van der Waals surface area contributed by atoms with E-state index in [4.69, 9.17) is 19.9 Å². The molecule has 2 heterocycles. The number of carbonyl (C=O) groups excluding carboxylic acids is 2. The Kier molecular flexibility index (Phi) is 5.99. The lowest BCUT2D eigenvalue weighted by atomic mass is 10.2. The monoisotopic (exact) mass is 453 g/mol. The maximum absolute atomic E-state index is 12.1. The van der Waals surface area contributed by atoms with Crippen molar-refractivity contribution in [3.63, 3.8) is 0 Å². The minimum absolute atomic E-state index is 0.101. The summed E-state index contributed by atoms with van der Waals surface area (Å²) in [7, 11) is 1.18. The molecule has 0 bridgehead atoms. The molecule has 132 valence electrons. The Hall–Kier alpha value is -1.89. The third-order valence-electron chi connectivity index (χ3n) is 3.22. The summed E-state index contributed by atoms with van der Waals surface area (Å²) in [5.41, 5.74) is 4.96. The second kappa shape index (κ2) is 7.79. The highest BCUT2D eigenvalue weighted by Gasteiger charge is 2.40. The van der Waals surface area contributed by atoms with Gasteiger partial charge in [-0.25, -0.2) is 9.59 Å². The molecule has 11 heteroatoms. The minimum Gasteiger partial charge on any atom is -0.458 e. The van der Waals surface area contributed by atoms with Gasteiger partial charge in [-0.3, -0.25) is 9.36 Å². The molecule has 1 aliphatic heterocycles. The second-order valence-corrected chi connectivity index (χ2v) is 6.12. The van der Waals surface area contributed by atoms with Gasteiger partial charge in [0.2, 0.25) is 0 Å². The number of nitrogens with two attached hydrogens (primary N) is 1. The van der Waals surface area contributed by atoms with Crippen LogP contribution in [-0.4, -0.2) is 47.6 Å². The number of anilines is 1. The van der Waals surface area contributed by atoms with Crippen LogP contribution in [0.5, 0.6) is 0 Å². The smallest absolute Gasteiger partial charge is 0.458 e. The fraction of sp³-hybridized carbons (Fsp3) is 0.538. The number of nitrogen functional groups attached to an aromatic ring is 1. The molecule has 0 saturated carbocycles. The molecule has 1 aromatic heterocycles. The largest absolute Gasteiger partial charge is 0.508 e. The van der Waals surface area contributed by atoms with Gasteiger partial charge in [-0.1, -0.05) is 0 Å². The van der Waals surface area contributed by atoms with E-state index in [2.05, 4.69) is 9.72 Å². The van der Waals surface area contributed by atoms with Crippen LogP contribution in [0.4, 0.5) is 10.6 Å². The highest BCUT2D eigenvalue weighted by atomic mass is 127. The number of aromatic nitrogens is 2. The first-order valence-electron chi connectivity index (χ1n) is 6.89. The Bertz CT molecular complexity index is 693. The maximum Gasteiger partial charge on any atom is 0.508 e. The van der Waals surface area contributed by atoms with Crippen molar-refractivity contribution in [3.05, 3.63) is 20.3 Å². The minimum atomic E-state index is -0.894. The molecular weight excluding hydrogens is 437 g/mol. The van der Waals surface area contributed by atoms with Crippen LogP contribution in [0.25, 0.3) is 0 Å². The number of hydrogen-bond donors (Lipinski definition) is 1. The van der Waals surface area contributed by atoms with Crippen molar-refractivity contribution < 1.29 is 28.5 Å². The first kappa shape index (κ1) is 18.4. The van der Waals surface area contributed by atoms with Gasteiger partial charge >= 0.3 is 17.8 Å². The zero-order valence-electron chi connectivity index (χ0n) is 12.9. The number of nitrogens with zero attached hydrogens (tertiary/aromatic N) is 2. The molecule has 3 atom stereocenters. The number of halogens is 1. The first-order valence-corrected chi connectivity index (χ1v) is 7.97. The molecule has 0 aromatic carbocycles. The third-order valence-corrected chi connectivity index (χ3v) is 4.06. The summed E-state index contributed by atoms with van der Waals surface area (Å²) in [6.45, 7) is 1.15. The van der Waals surface area contributed by atoms with Crippen LogP contribution < -0.4 is 11.4 Å². The van der Waals surface area contributed by atoms with Crippen molar-refractivity contribution in [2.45, 2.75) is 31.8 Å². The zero-order chi connectivity index (χ0) is 17.9. The molecule has 0 spiro atoms. The third kappa shape index (κ3) is 4.35. The van der Waals surface area contributed by atoms with E-state index in [0.717, 1.165) is 0 Å². The summed E-state index contributed by atoms with van der Waals surface area (Å²) < 4.78 is 21.9. The highest BCUT2D eigenvalue weighted by molar-refractivity contribution is 14.1. The molecule has 0 amide bonds. The predicted molar refractivity (Wildman–Crippen MR) is 88.1 cm³/mol. The molecule has 1 saturated heterocycles. The van der Waals surface area contributed by atoms with Crippen molar-refractivity contribution >= 4 is 40.5 Å². The van der Waals surface area contributed by atoms with Crippen LogP contribution >= 0.6 is 22.6 Å². The summed E-state index contributed by atoms with van der Waals surface area (Å²) in [5, 5.41) is 0. The molecule has 2 rings (SSSR count). The van der Waals surface area contributed by atoms with Gasteiger partial charge in [-0.05, 0) is 22.6 Å². The van der Waals surface area contributed by atoms with Crippen molar-refractivity contribution in [3.8, 4) is 0 Å². The van der Waals surface area contributed by atoms with Gasteiger partial charge in [0, 0.05) is 19.5 Å². The SMILES string of the molecule is COC(=O)OC[C@@H]1C[C@@H](OC(C)=O)[C@H](n2cc(I)c(N)nc2=O)O1. The number of esters is 1. The molecule has 10 nitrogen and oxygen atoms in total. The Morgan fingerprint density at radius 3 is 2.88 bits per heavy atom. The molecule has 2 N–H and O–H groups in total. The topological polar surface area (TPSA) is 132 Å². The van der Waals surface area contributed by atoms with Crippen LogP contribution in [-0.2, 0) is 23.7 Å². The molecule has 0 unspecified atom stereocenters. The molecule has 1 fully saturated rings. The number of rotatable bonds is 4. The lowest BCUT2D eigenvalue weighted by Crippen LogP contribution is -2.34. The van der Waals surface area contributed by atoms with Crippen LogP contribution in [0.2, 0.25) is 0 Å². The lowest BCUT2D eigenvalue weighted by molar-refractivity contribution is -0.152. The van der Waals surface area contributed by atoms with Gasteiger partial charge in [-0.2, -0.15) is 4.98 Å². The average molecular weight is 453 g/mol. The summed E-state index contributed by atoms with van der Waals surface area (Å²) in [6, 6.07) is 0. The van der Waals surface area contributed by atoms with E-state index in [1.807, 2.05) is 22.6 Å². The maximum atomic E-state index is 12.1. The van der Waals surface area contributed by atoms with Gasteiger partial charge in [0.1, 0.15) is 18.5 Å². The van der Waals surface area contributed by atoms with Crippen molar-refractivity contribution in [2.75, 3.05) is 19.5 Å². The first-order chi connectivity index (χ1) is 11.3. The highest BCUT2D eigenvalue weighted by Crippen LogP contribution is 2.31. The van der Waals surface area contributed by atoms with Crippen LogP contribution in [0, 0.1) is 3.57 Å². The fourth-order valence-corrected chi connectivity index (χ4v) is 2.67. The van der Waals surface area contributed by atoms with E-state index in [0.29, 0.717) is 3.57 Å². The summed E-state index contributed by atoms with van der Waals surface area (Å²) in [4.78, 5) is 38.1. The Morgan fingerprint density at radius 2 is 2.25 bits per heavy atom. The second-order valence-electron chi connectivity index (χ2n) is 4.96. The van der Waals surface area contributed by atoms with Gasteiger partial charge in [0.15, 0.2) is 6.23 Å². The van der Waals surface area contributed by atoms with Crippen molar-refractivity contribution in [1.29, 1.82) is 0 Å². The average Bonchev–Trinajstić information content (AvgIpc) is 2.90. The summed E-state index contributed by atoms with van der Waals surface area (Å²) >= 11 is 1.92. The lowest BCUT2D eigenvalue weighted by Gasteiger charge is -2.20. The molecule has 0 radical (unpaired) electrons. The summed E-state index contributed by atoms with van der Waals surface area (Å²) in [6.07, 6.45) is -1.33. The molecule has 0 aliphatic carbocycles. The standard InChI is InChI=1S/C13H16IN3O7/c1-6(18)23-9-3-7(5-22-13(20)21-2)24-11(9)17-4-8(14)10(15)16-12(17)19/h4,7,9,11H,3,5H2,1-2H3,(H2,15,16,19)/t7-,9+,11+/m0/s1. The Morgan fingerprint density at radius 1 is 1.54 bits per heavy atom. The van der Waals surface area contributed by atoms with Gasteiger partial charge < -0.3 is 24.7 Å². The number of ether oxygens (including phenoxy) is 4. The van der Waals surface area contributed by atoms with E-state index in [1.165, 1.54) is 24.8 Å². The normalized spacial score (nSPS) is 22.9. The fourth-order valence-electron chi connectivity index (χ4n) is 2.25. The molecular formula is C13H16IN3O7. The number of methoxy groups -OCH3 is 1. The predicted octanol–water partition coefficient (Wildman–Crippen LogP) is 0.432. The van der Waals surface area contributed by atoms with Crippen LogP contribution in [0.3, 0.4) is 0 Å². The van der Waals surface area contributed by atoms with Gasteiger partial charge in [-0.15, -0.1) is 0 Å². The van der Waals surface area contributed by atoms with Crippen LogP contribution in [0.15, 0.2) is 11.0 Å². The molecule has 1 aromatic rings. The van der Waals surface area contributed by atoms with E-state index in [9.17, 15) is 14.4 Å². The van der Waals surface area contributed by atoms with Crippen molar-refractivity contribution in [2.24, 2.45) is 0 Å².